The molecule has 0 fully saturated rings. The molecule has 0 spiro atoms. The molecular weight excluding hydrogens is 374 g/mol. The van der Waals surface area contributed by atoms with Crippen LogP contribution in [0.15, 0.2) is 54.6 Å². The first kappa shape index (κ1) is 18.0. The molecule has 0 radical (unpaired) electrons. The Labute approximate surface area is 165 Å². The van der Waals surface area contributed by atoms with Crippen molar-refractivity contribution >= 4 is 50.4 Å². The Morgan fingerprint density at radius 2 is 1.96 bits per heavy atom. The standard InChI is InChI=1S/C22H17NO4S/c1-26-18-12-14(6-9-17(18)27-13-21(24)25)7-11-20-23-22-16-5-3-2-4-15(16)8-10-19(22)28-20/h2-12H,13H2,1H3,(H,24,25)/p-1/b11-7+. The monoisotopic (exact) mass is 390 g/mol. The molecule has 0 aliphatic heterocycles. The van der Waals surface area contributed by atoms with Gasteiger partial charge in [0.25, 0.3) is 0 Å². The number of thiazole rings is 1. The molecule has 0 amide bonds. The molecule has 140 valence electrons. The molecule has 4 rings (SSSR count). The predicted molar refractivity (Wildman–Crippen MR) is 110 cm³/mol. The van der Waals surface area contributed by atoms with Gasteiger partial charge in [0.15, 0.2) is 11.5 Å². The lowest BCUT2D eigenvalue weighted by Gasteiger charge is -2.11. The van der Waals surface area contributed by atoms with Crippen molar-refractivity contribution in [3.05, 3.63) is 65.2 Å². The Hall–Kier alpha value is -3.38. The number of hydrogen-bond acceptors (Lipinski definition) is 6. The van der Waals surface area contributed by atoms with Gasteiger partial charge < -0.3 is 19.4 Å². The highest BCUT2D eigenvalue weighted by Crippen LogP contribution is 2.31. The van der Waals surface area contributed by atoms with Gasteiger partial charge in [0.05, 0.1) is 23.3 Å². The first-order valence-electron chi connectivity index (χ1n) is 8.61. The average molecular weight is 390 g/mol. The topological polar surface area (TPSA) is 71.5 Å². The second-order valence-electron chi connectivity index (χ2n) is 6.09. The first-order chi connectivity index (χ1) is 13.6. The molecule has 1 heterocycles. The minimum Gasteiger partial charge on any atom is -0.546 e. The maximum absolute atomic E-state index is 10.6. The lowest BCUT2D eigenvalue weighted by atomic mass is 10.1. The first-order valence-corrected chi connectivity index (χ1v) is 9.43. The number of hydrogen-bond donors (Lipinski definition) is 0. The Kier molecular flexibility index (Phi) is 4.95. The van der Waals surface area contributed by atoms with Gasteiger partial charge in [-0.25, -0.2) is 4.98 Å². The summed E-state index contributed by atoms with van der Waals surface area (Å²) in [5, 5.41) is 13.8. The van der Waals surface area contributed by atoms with E-state index in [4.69, 9.17) is 14.5 Å². The van der Waals surface area contributed by atoms with Crippen LogP contribution < -0.4 is 14.6 Å². The molecule has 0 unspecified atom stereocenters. The van der Waals surface area contributed by atoms with E-state index in [9.17, 15) is 9.90 Å². The Morgan fingerprint density at radius 1 is 1.11 bits per heavy atom. The summed E-state index contributed by atoms with van der Waals surface area (Å²) in [7, 11) is 1.51. The van der Waals surface area contributed by atoms with E-state index in [-0.39, 0.29) is 0 Å². The van der Waals surface area contributed by atoms with Crippen LogP contribution in [-0.4, -0.2) is 24.7 Å². The largest absolute Gasteiger partial charge is 0.546 e. The fourth-order valence-electron chi connectivity index (χ4n) is 2.96. The SMILES string of the molecule is COc1cc(/C=C/c2nc3c(ccc4ccccc43)s2)ccc1OCC(=O)[O-]. The van der Waals surface area contributed by atoms with E-state index in [1.807, 2.05) is 30.4 Å². The average Bonchev–Trinajstić information content (AvgIpc) is 3.14. The molecule has 0 bridgehead atoms. The third-order valence-electron chi connectivity index (χ3n) is 4.25. The number of aromatic nitrogens is 1. The van der Waals surface area contributed by atoms with Crippen molar-refractivity contribution < 1.29 is 19.4 Å². The second kappa shape index (κ2) is 7.70. The van der Waals surface area contributed by atoms with E-state index in [1.54, 1.807) is 23.5 Å². The van der Waals surface area contributed by atoms with E-state index in [2.05, 4.69) is 24.3 Å². The summed E-state index contributed by atoms with van der Waals surface area (Å²) >= 11 is 1.63. The molecule has 28 heavy (non-hydrogen) atoms. The molecule has 0 saturated heterocycles. The number of carbonyl (C=O) groups is 1. The zero-order valence-electron chi connectivity index (χ0n) is 15.0. The third kappa shape index (κ3) is 3.68. The molecule has 0 aliphatic carbocycles. The number of aliphatic carboxylic acids is 1. The summed E-state index contributed by atoms with van der Waals surface area (Å²) in [6.07, 6.45) is 3.89. The van der Waals surface area contributed by atoms with E-state index < -0.39 is 12.6 Å². The maximum Gasteiger partial charge on any atom is 0.161 e. The van der Waals surface area contributed by atoms with Crippen LogP contribution in [0.1, 0.15) is 10.6 Å². The van der Waals surface area contributed by atoms with E-state index >= 15 is 0 Å². The van der Waals surface area contributed by atoms with E-state index in [0.717, 1.165) is 26.2 Å². The smallest absolute Gasteiger partial charge is 0.161 e. The number of carbonyl (C=O) groups excluding carboxylic acids is 1. The molecule has 4 aromatic rings. The van der Waals surface area contributed by atoms with Gasteiger partial charge in [-0.1, -0.05) is 42.5 Å². The van der Waals surface area contributed by atoms with Gasteiger partial charge in [-0.2, -0.15) is 0 Å². The second-order valence-corrected chi connectivity index (χ2v) is 7.15. The van der Waals surface area contributed by atoms with Crippen LogP contribution in [0.2, 0.25) is 0 Å². The number of rotatable bonds is 6. The normalized spacial score (nSPS) is 11.3. The van der Waals surface area contributed by atoms with Crippen LogP contribution in [-0.2, 0) is 4.79 Å². The lowest BCUT2D eigenvalue weighted by Crippen LogP contribution is -2.29. The highest BCUT2D eigenvalue weighted by molar-refractivity contribution is 7.19. The highest BCUT2D eigenvalue weighted by atomic mass is 32.1. The number of nitrogens with zero attached hydrogens (tertiary/aromatic N) is 1. The van der Waals surface area contributed by atoms with Crippen LogP contribution in [0.3, 0.4) is 0 Å². The molecule has 1 aromatic heterocycles. The number of carboxylic acid groups (broad SMARTS) is 1. The highest BCUT2D eigenvalue weighted by Gasteiger charge is 2.07. The molecule has 3 aromatic carbocycles. The van der Waals surface area contributed by atoms with Gasteiger partial charge in [0.2, 0.25) is 0 Å². The minimum atomic E-state index is -1.28. The number of ether oxygens (including phenoxy) is 2. The zero-order valence-corrected chi connectivity index (χ0v) is 15.9. The maximum atomic E-state index is 10.6. The summed E-state index contributed by atoms with van der Waals surface area (Å²) in [5.41, 5.74) is 1.90. The van der Waals surface area contributed by atoms with E-state index in [0.29, 0.717) is 11.5 Å². The summed E-state index contributed by atoms with van der Waals surface area (Å²) in [5.74, 6) is -0.469. The van der Waals surface area contributed by atoms with Gasteiger partial charge in [0.1, 0.15) is 11.6 Å². The van der Waals surface area contributed by atoms with Gasteiger partial charge in [-0.05, 0) is 35.2 Å². The number of methoxy groups -OCH3 is 1. The Bertz CT molecular complexity index is 1200. The van der Waals surface area contributed by atoms with Crippen LogP contribution >= 0.6 is 11.3 Å². The molecule has 5 nitrogen and oxygen atoms in total. The number of benzene rings is 3. The van der Waals surface area contributed by atoms with Gasteiger partial charge in [-0.3, -0.25) is 0 Å². The Balaban J connectivity index is 1.61. The summed E-state index contributed by atoms with van der Waals surface area (Å²) in [6.45, 7) is -0.523. The van der Waals surface area contributed by atoms with Crippen molar-refractivity contribution in [1.29, 1.82) is 0 Å². The van der Waals surface area contributed by atoms with Crippen LogP contribution in [0.4, 0.5) is 0 Å². The Morgan fingerprint density at radius 3 is 2.79 bits per heavy atom. The fourth-order valence-corrected chi connectivity index (χ4v) is 3.85. The van der Waals surface area contributed by atoms with E-state index in [1.165, 1.54) is 12.5 Å². The van der Waals surface area contributed by atoms with Crippen molar-refractivity contribution in [2.45, 2.75) is 0 Å². The van der Waals surface area contributed by atoms with Crippen molar-refractivity contribution in [3.63, 3.8) is 0 Å². The number of carboxylic acids is 1. The van der Waals surface area contributed by atoms with Crippen molar-refractivity contribution in [1.82, 2.24) is 4.98 Å². The quantitative estimate of drug-likeness (QED) is 0.501. The van der Waals surface area contributed by atoms with Gasteiger partial charge in [0, 0.05) is 5.39 Å². The zero-order chi connectivity index (χ0) is 19.5. The van der Waals surface area contributed by atoms with Crippen LogP contribution in [0, 0.1) is 0 Å². The molecule has 0 atom stereocenters. The van der Waals surface area contributed by atoms with Crippen LogP contribution in [0.25, 0.3) is 33.1 Å². The number of fused-ring (bicyclic) bond motifs is 3. The van der Waals surface area contributed by atoms with Crippen molar-refractivity contribution in [2.75, 3.05) is 13.7 Å². The molecule has 6 heteroatoms. The predicted octanol–water partition coefficient (Wildman–Crippen LogP) is 3.76. The summed E-state index contributed by atoms with van der Waals surface area (Å²) < 4.78 is 11.6. The summed E-state index contributed by atoms with van der Waals surface area (Å²) in [4.78, 5) is 15.3. The molecule has 0 N–H and O–H groups in total. The van der Waals surface area contributed by atoms with Gasteiger partial charge >= 0.3 is 0 Å². The molecule has 0 aliphatic rings. The molecule has 0 saturated carbocycles. The third-order valence-corrected chi connectivity index (χ3v) is 5.24. The van der Waals surface area contributed by atoms with Gasteiger partial charge in [-0.15, -0.1) is 11.3 Å². The lowest BCUT2D eigenvalue weighted by molar-refractivity contribution is -0.307. The molecular formula is C22H16NO4S-. The van der Waals surface area contributed by atoms with Crippen molar-refractivity contribution in [3.8, 4) is 11.5 Å². The van der Waals surface area contributed by atoms with Crippen molar-refractivity contribution in [2.24, 2.45) is 0 Å². The van der Waals surface area contributed by atoms with Crippen LogP contribution in [0.5, 0.6) is 11.5 Å². The minimum absolute atomic E-state index is 0.357. The summed E-state index contributed by atoms with van der Waals surface area (Å²) in [6, 6.07) is 17.7. The fraction of sp³-hybridized carbons (Fsp3) is 0.0909.